The SMILES string of the molecule is O=c1c2cccnc2cnn1CC(O)COC1CCCc2ccccc21. The molecular formula is C20H21N3O3. The lowest BCUT2D eigenvalue weighted by molar-refractivity contribution is -0.0239. The zero-order valence-electron chi connectivity index (χ0n) is 14.4. The molecular weight excluding hydrogens is 330 g/mol. The zero-order chi connectivity index (χ0) is 17.9. The van der Waals surface area contributed by atoms with Crippen LogP contribution in [0.1, 0.15) is 30.1 Å². The van der Waals surface area contributed by atoms with Gasteiger partial charge in [-0.25, -0.2) is 4.68 Å². The van der Waals surface area contributed by atoms with E-state index in [4.69, 9.17) is 4.74 Å². The van der Waals surface area contributed by atoms with Gasteiger partial charge >= 0.3 is 0 Å². The molecule has 3 aromatic rings. The van der Waals surface area contributed by atoms with Crippen molar-refractivity contribution in [3.05, 3.63) is 70.3 Å². The van der Waals surface area contributed by atoms with Crippen LogP contribution in [0.15, 0.2) is 53.6 Å². The number of rotatable bonds is 5. The molecule has 0 bridgehead atoms. The average Bonchev–Trinajstić information content (AvgIpc) is 2.69. The monoisotopic (exact) mass is 351 g/mol. The van der Waals surface area contributed by atoms with Crippen molar-refractivity contribution in [3.8, 4) is 0 Å². The number of ether oxygens (including phenoxy) is 1. The molecule has 6 heteroatoms. The number of aryl methyl sites for hydroxylation is 1. The second-order valence-electron chi connectivity index (χ2n) is 6.63. The van der Waals surface area contributed by atoms with Crippen molar-refractivity contribution >= 4 is 10.9 Å². The van der Waals surface area contributed by atoms with Crippen molar-refractivity contribution in [3.63, 3.8) is 0 Å². The third kappa shape index (κ3) is 3.38. The molecule has 1 N–H and O–H groups in total. The van der Waals surface area contributed by atoms with E-state index >= 15 is 0 Å². The molecule has 0 radical (unpaired) electrons. The summed E-state index contributed by atoms with van der Waals surface area (Å²) in [6, 6.07) is 11.7. The van der Waals surface area contributed by atoms with Gasteiger partial charge in [-0.1, -0.05) is 24.3 Å². The minimum atomic E-state index is -0.802. The van der Waals surface area contributed by atoms with Crippen LogP contribution in [-0.4, -0.2) is 32.6 Å². The summed E-state index contributed by atoms with van der Waals surface area (Å²) < 4.78 is 7.24. The van der Waals surface area contributed by atoms with Gasteiger partial charge in [0.2, 0.25) is 0 Å². The van der Waals surface area contributed by atoms with E-state index in [9.17, 15) is 9.90 Å². The molecule has 134 valence electrons. The van der Waals surface area contributed by atoms with E-state index in [1.807, 2.05) is 12.1 Å². The van der Waals surface area contributed by atoms with Crippen LogP contribution in [0.25, 0.3) is 10.9 Å². The Bertz CT molecular complexity index is 970. The zero-order valence-corrected chi connectivity index (χ0v) is 14.4. The Hall–Kier alpha value is -2.57. The smallest absolute Gasteiger partial charge is 0.276 e. The molecule has 2 atom stereocenters. The number of fused-ring (bicyclic) bond motifs is 2. The van der Waals surface area contributed by atoms with Gasteiger partial charge in [0, 0.05) is 6.20 Å². The third-order valence-corrected chi connectivity index (χ3v) is 4.81. The fraction of sp³-hybridized carbons (Fsp3) is 0.350. The highest BCUT2D eigenvalue weighted by molar-refractivity contribution is 5.75. The molecule has 26 heavy (non-hydrogen) atoms. The summed E-state index contributed by atoms with van der Waals surface area (Å²) in [7, 11) is 0. The van der Waals surface area contributed by atoms with E-state index < -0.39 is 6.10 Å². The Labute approximate surface area is 151 Å². The van der Waals surface area contributed by atoms with Gasteiger partial charge in [0.05, 0.1) is 42.5 Å². The second kappa shape index (κ2) is 7.35. The number of benzene rings is 1. The predicted molar refractivity (Wildman–Crippen MR) is 97.9 cm³/mol. The lowest BCUT2D eigenvalue weighted by Crippen LogP contribution is -2.31. The Balaban J connectivity index is 1.43. The molecule has 0 spiro atoms. The topological polar surface area (TPSA) is 77.2 Å². The van der Waals surface area contributed by atoms with Crippen LogP contribution in [0.5, 0.6) is 0 Å². The summed E-state index contributed by atoms with van der Waals surface area (Å²) in [4.78, 5) is 16.6. The van der Waals surface area contributed by atoms with Crippen molar-refractivity contribution in [2.24, 2.45) is 0 Å². The molecule has 6 nitrogen and oxygen atoms in total. The second-order valence-corrected chi connectivity index (χ2v) is 6.63. The third-order valence-electron chi connectivity index (χ3n) is 4.81. The van der Waals surface area contributed by atoms with Gasteiger partial charge in [-0.3, -0.25) is 9.78 Å². The summed E-state index contributed by atoms with van der Waals surface area (Å²) >= 11 is 0. The number of aliphatic hydroxyl groups is 1. The Morgan fingerprint density at radius 2 is 2.15 bits per heavy atom. The van der Waals surface area contributed by atoms with E-state index in [0.717, 1.165) is 19.3 Å². The number of hydrogen-bond acceptors (Lipinski definition) is 5. The van der Waals surface area contributed by atoms with E-state index in [1.54, 1.807) is 24.5 Å². The molecule has 0 amide bonds. The van der Waals surface area contributed by atoms with Crippen LogP contribution in [0.3, 0.4) is 0 Å². The van der Waals surface area contributed by atoms with Gasteiger partial charge in [0.15, 0.2) is 0 Å². The fourth-order valence-corrected chi connectivity index (χ4v) is 3.51. The number of aromatic nitrogens is 3. The van der Waals surface area contributed by atoms with Crippen molar-refractivity contribution in [1.29, 1.82) is 0 Å². The van der Waals surface area contributed by atoms with E-state index in [2.05, 4.69) is 22.2 Å². The lowest BCUT2D eigenvalue weighted by Gasteiger charge is -2.26. The first-order chi connectivity index (χ1) is 12.7. The van der Waals surface area contributed by atoms with Gasteiger partial charge in [-0.2, -0.15) is 5.10 Å². The van der Waals surface area contributed by atoms with Crippen molar-refractivity contribution in [1.82, 2.24) is 14.8 Å². The van der Waals surface area contributed by atoms with Gasteiger partial charge in [-0.15, -0.1) is 0 Å². The van der Waals surface area contributed by atoms with Gasteiger partial charge in [0.1, 0.15) is 0 Å². The maximum atomic E-state index is 12.4. The average molecular weight is 351 g/mol. The van der Waals surface area contributed by atoms with Crippen molar-refractivity contribution < 1.29 is 9.84 Å². The molecule has 1 aromatic carbocycles. The van der Waals surface area contributed by atoms with Gasteiger partial charge in [-0.05, 0) is 42.5 Å². The number of aliphatic hydroxyl groups excluding tert-OH is 1. The standard InChI is InChI=1S/C20H21N3O3/c24-15(12-23-20(25)17-8-4-10-21-18(17)11-22-23)13-26-19-9-3-6-14-5-1-2-7-16(14)19/h1-2,4-5,7-8,10-11,15,19,24H,3,6,9,12-13H2. The van der Waals surface area contributed by atoms with Crippen LogP contribution >= 0.6 is 0 Å². The molecule has 1 aliphatic rings. The van der Waals surface area contributed by atoms with Crippen LogP contribution in [0, 0.1) is 0 Å². The quantitative estimate of drug-likeness (QED) is 0.763. The molecule has 0 aliphatic heterocycles. The minimum Gasteiger partial charge on any atom is -0.389 e. The molecule has 0 fully saturated rings. The normalized spacial score (nSPS) is 17.8. The molecule has 0 saturated heterocycles. The number of hydrogen-bond donors (Lipinski definition) is 1. The maximum absolute atomic E-state index is 12.4. The Kier molecular flexibility index (Phi) is 4.77. The first kappa shape index (κ1) is 16.9. The Morgan fingerprint density at radius 1 is 1.27 bits per heavy atom. The first-order valence-electron chi connectivity index (χ1n) is 8.90. The fourth-order valence-electron chi connectivity index (χ4n) is 3.51. The molecule has 1 aliphatic carbocycles. The van der Waals surface area contributed by atoms with E-state index in [1.165, 1.54) is 15.8 Å². The highest BCUT2D eigenvalue weighted by Gasteiger charge is 2.21. The van der Waals surface area contributed by atoms with Crippen LogP contribution in [-0.2, 0) is 17.7 Å². The molecule has 0 saturated carbocycles. The highest BCUT2D eigenvalue weighted by atomic mass is 16.5. The van der Waals surface area contributed by atoms with Crippen LogP contribution in [0.4, 0.5) is 0 Å². The molecule has 4 rings (SSSR count). The maximum Gasteiger partial charge on any atom is 0.276 e. The Morgan fingerprint density at radius 3 is 3.08 bits per heavy atom. The molecule has 2 aromatic heterocycles. The molecule has 2 heterocycles. The van der Waals surface area contributed by atoms with E-state index in [0.29, 0.717) is 10.9 Å². The van der Waals surface area contributed by atoms with Gasteiger partial charge < -0.3 is 9.84 Å². The number of nitrogens with zero attached hydrogens (tertiary/aromatic N) is 3. The minimum absolute atomic E-state index is 0.0000784. The largest absolute Gasteiger partial charge is 0.389 e. The summed E-state index contributed by atoms with van der Waals surface area (Å²) in [5, 5.41) is 14.9. The van der Waals surface area contributed by atoms with Crippen molar-refractivity contribution in [2.75, 3.05) is 6.61 Å². The summed E-state index contributed by atoms with van der Waals surface area (Å²) in [5.41, 5.74) is 2.83. The van der Waals surface area contributed by atoms with Crippen molar-refractivity contribution in [2.45, 2.75) is 38.0 Å². The first-order valence-corrected chi connectivity index (χ1v) is 8.90. The summed E-state index contributed by atoms with van der Waals surface area (Å²) in [6.45, 7) is 0.260. The molecule has 2 unspecified atom stereocenters. The van der Waals surface area contributed by atoms with Gasteiger partial charge in [0.25, 0.3) is 5.56 Å². The highest BCUT2D eigenvalue weighted by Crippen LogP contribution is 2.32. The van der Waals surface area contributed by atoms with Crippen LogP contribution in [0.2, 0.25) is 0 Å². The van der Waals surface area contributed by atoms with E-state index in [-0.39, 0.29) is 24.8 Å². The summed E-state index contributed by atoms with van der Waals surface area (Å²) in [5.74, 6) is 0. The predicted octanol–water partition coefficient (Wildman–Crippen LogP) is 2.25. The number of pyridine rings is 1. The van der Waals surface area contributed by atoms with Crippen LogP contribution < -0.4 is 5.56 Å². The summed E-state index contributed by atoms with van der Waals surface area (Å²) in [6.07, 6.45) is 5.46. The lowest BCUT2D eigenvalue weighted by atomic mass is 9.89.